The predicted molar refractivity (Wildman–Crippen MR) is 68.7 cm³/mol. The second-order valence-electron chi connectivity index (χ2n) is 4.43. The van der Waals surface area contributed by atoms with Crippen LogP contribution in [-0.4, -0.2) is 23.7 Å². The fourth-order valence-corrected chi connectivity index (χ4v) is 1.31. The normalized spacial score (nSPS) is 10.9. The smallest absolute Gasteiger partial charge is 0.412 e. The van der Waals surface area contributed by atoms with Crippen LogP contribution in [0.1, 0.15) is 20.8 Å². The van der Waals surface area contributed by atoms with Gasteiger partial charge in [-0.3, -0.25) is 5.32 Å². The van der Waals surface area contributed by atoms with Gasteiger partial charge < -0.3 is 10.1 Å². The molecule has 0 aliphatic heterocycles. The van der Waals surface area contributed by atoms with Gasteiger partial charge in [0.05, 0.1) is 17.6 Å². The van der Waals surface area contributed by atoms with Crippen LogP contribution >= 0.6 is 11.6 Å². The zero-order chi connectivity index (χ0) is 13.1. The molecule has 5 nitrogen and oxygen atoms in total. The van der Waals surface area contributed by atoms with Crippen LogP contribution in [0.2, 0.25) is 5.15 Å². The maximum Gasteiger partial charge on any atom is 0.412 e. The van der Waals surface area contributed by atoms with Crippen molar-refractivity contribution in [3.05, 3.63) is 17.4 Å². The van der Waals surface area contributed by atoms with Crippen LogP contribution < -0.4 is 10.6 Å². The first kappa shape index (κ1) is 13.6. The van der Waals surface area contributed by atoms with E-state index in [0.717, 1.165) is 0 Å². The molecule has 1 aromatic heterocycles. The zero-order valence-corrected chi connectivity index (χ0v) is 11.1. The lowest BCUT2D eigenvalue weighted by atomic mass is 10.2. The van der Waals surface area contributed by atoms with Crippen LogP contribution in [0.5, 0.6) is 0 Å². The molecule has 0 fully saturated rings. The van der Waals surface area contributed by atoms with Crippen molar-refractivity contribution < 1.29 is 9.53 Å². The second kappa shape index (κ2) is 5.23. The van der Waals surface area contributed by atoms with Crippen LogP contribution in [0.15, 0.2) is 12.3 Å². The number of anilines is 2. The molecular formula is C11H16ClN3O2. The Balaban J connectivity index is 2.78. The Morgan fingerprint density at radius 1 is 1.41 bits per heavy atom. The Kier molecular flexibility index (Phi) is 4.17. The molecule has 17 heavy (non-hydrogen) atoms. The van der Waals surface area contributed by atoms with E-state index in [1.165, 1.54) is 6.20 Å². The molecule has 0 radical (unpaired) electrons. The van der Waals surface area contributed by atoms with Crippen molar-refractivity contribution in [2.24, 2.45) is 0 Å². The Morgan fingerprint density at radius 2 is 2.06 bits per heavy atom. The number of halogens is 1. The summed E-state index contributed by atoms with van der Waals surface area (Å²) < 4.78 is 5.13. The van der Waals surface area contributed by atoms with Gasteiger partial charge in [0.15, 0.2) is 0 Å². The molecule has 1 heterocycles. The topological polar surface area (TPSA) is 63.2 Å². The summed E-state index contributed by atoms with van der Waals surface area (Å²) in [7, 11) is 1.73. The standard InChI is InChI=1S/C11H16ClN3O2/c1-11(2,3)17-10(16)15-8-6-14-9(12)5-7(8)13-4/h5-6H,1-4H3,(H,13,14)(H,15,16). The van der Waals surface area contributed by atoms with Crippen LogP contribution in [0, 0.1) is 0 Å². The van der Waals surface area contributed by atoms with Gasteiger partial charge in [-0.25, -0.2) is 9.78 Å². The number of ether oxygens (including phenoxy) is 1. The molecule has 1 rings (SSSR count). The van der Waals surface area contributed by atoms with Gasteiger partial charge in [-0.05, 0) is 20.8 Å². The van der Waals surface area contributed by atoms with E-state index in [4.69, 9.17) is 16.3 Å². The summed E-state index contributed by atoms with van der Waals surface area (Å²) in [6, 6.07) is 1.62. The van der Waals surface area contributed by atoms with E-state index >= 15 is 0 Å². The molecule has 0 bridgehead atoms. The summed E-state index contributed by atoms with van der Waals surface area (Å²) in [6.07, 6.45) is 0.941. The fraction of sp³-hybridized carbons (Fsp3) is 0.455. The maximum absolute atomic E-state index is 11.6. The first-order valence-electron chi connectivity index (χ1n) is 5.15. The van der Waals surface area contributed by atoms with E-state index in [9.17, 15) is 4.79 Å². The lowest BCUT2D eigenvalue weighted by Crippen LogP contribution is -2.27. The molecule has 0 saturated heterocycles. The summed E-state index contributed by atoms with van der Waals surface area (Å²) >= 11 is 5.74. The average molecular weight is 258 g/mol. The Bertz CT molecular complexity index is 416. The molecule has 0 unspecified atom stereocenters. The van der Waals surface area contributed by atoms with Gasteiger partial charge in [0, 0.05) is 13.1 Å². The quantitative estimate of drug-likeness (QED) is 0.799. The third kappa shape index (κ3) is 4.48. The molecule has 2 N–H and O–H groups in total. The van der Waals surface area contributed by atoms with Crippen molar-refractivity contribution in [1.29, 1.82) is 0 Å². The van der Waals surface area contributed by atoms with Crippen molar-refractivity contribution in [3.8, 4) is 0 Å². The van der Waals surface area contributed by atoms with Crippen LogP contribution in [0.25, 0.3) is 0 Å². The molecule has 1 aromatic rings. The molecular weight excluding hydrogens is 242 g/mol. The maximum atomic E-state index is 11.6. The van der Waals surface area contributed by atoms with Crippen molar-refractivity contribution in [2.45, 2.75) is 26.4 Å². The van der Waals surface area contributed by atoms with Crippen LogP contribution in [0.3, 0.4) is 0 Å². The summed E-state index contributed by atoms with van der Waals surface area (Å²) in [6.45, 7) is 5.39. The lowest BCUT2D eigenvalue weighted by Gasteiger charge is -2.20. The molecule has 0 spiro atoms. The lowest BCUT2D eigenvalue weighted by molar-refractivity contribution is 0.0636. The van der Waals surface area contributed by atoms with Crippen LogP contribution in [-0.2, 0) is 4.74 Å². The summed E-state index contributed by atoms with van der Waals surface area (Å²) in [5.41, 5.74) is 0.658. The third-order valence-electron chi connectivity index (χ3n) is 1.78. The number of amides is 1. The van der Waals surface area contributed by atoms with Gasteiger partial charge >= 0.3 is 6.09 Å². The van der Waals surface area contributed by atoms with Gasteiger partial charge in [0.25, 0.3) is 0 Å². The number of hydrogen-bond donors (Lipinski definition) is 2. The monoisotopic (exact) mass is 257 g/mol. The second-order valence-corrected chi connectivity index (χ2v) is 4.82. The minimum absolute atomic E-state index is 0.351. The summed E-state index contributed by atoms with van der Waals surface area (Å²) in [5.74, 6) is 0. The van der Waals surface area contributed by atoms with Crippen molar-refractivity contribution in [2.75, 3.05) is 17.7 Å². The first-order chi connectivity index (χ1) is 7.81. The molecule has 94 valence electrons. The number of aromatic nitrogens is 1. The molecule has 0 aliphatic carbocycles. The number of nitrogens with one attached hydrogen (secondary N) is 2. The molecule has 6 heteroatoms. The SMILES string of the molecule is CNc1cc(Cl)ncc1NC(=O)OC(C)(C)C. The minimum atomic E-state index is -0.538. The fourth-order valence-electron chi connectivity index (χ4n) is 1.15. The summed E-state index contributed by atoms with van der Waals surface area (Å²) in [4.78, 5) is 15.5. The average Bonchev–Trinajstić information content (AvgIpc) is 2.17. The van der Waals surface area contributed by atoms with Crippen LogP contribution in [0.4, 0.5) is 16.2 Å². The first-order valence-corrected chi connectivity index (χ1v) is 5.53. The predicted octanol–water partition coefficient (Wildman–Crippen LogP) is 3.12. The Morgan fingerprint density at radius 3 is 2.59 bits per heavy atom. The Hall–Kier alpha value is -1.49. The van der Waals surface area contributed by atoms with Crippen molar-refractivity contribution in [1.82, 2.24) is 4.98 Å². The number of carbonyl (C=O) groups excluding carboxylic acids is 1. The van der Waals surface area contributed by atoms with E-state index in [-0.39, 0.29) is 0 Å². The molecule has 1 amide bonds. The molecule has 0 aliphatic rings. The van der Waals surface area contributed by atoms with Gasteiger partial charge in [0.1, 0.15) is 10.8 Å². The van der Waals surface area contributed by atoms with Crippen molar-refractivity contribution >= 4 is 29.1 Å². The number of nitrogens with zero attached hydrogens (tertiary/aromatic N) is 1. The molecule has 0 saturated carbocycles. The van der Waals surface area contributed by atoms with Crippen molar-refractivity contribution in [3.63, 3.8) is 0 Å². The van der Waals surface area contributed by atoms with Gasteiger partial charge in [-0.2, -0.15) is 0 Å². The third-order valence-corrected chi connectivity index (χ3v) is 1.98. The van der Waals surface area contributed by atoms with E-state index in [0.29, 0.717) is 16.5 Å². The zero-order valence-electron chi connectivity index (χ0n) is 10.3. The van der Waals surface area contributed by atoms with E-state index in [1.54, 1.807) is 33.9 Å². The number of pyridine rings is 1. The van der Waals surface area contributed by atoms with E-state index in [1.807, 2.05) is 0 Å². The van der Waals surface area contributed by atoms with Gasteiger partial charge in [-0.15, -0.1) is 0 Å². The largest absolute Gasteiger partial charge is 0.444 e. The molecule has 0 aromatic carbocycles. The highest BCUT2D eigenvalue weighted by molar-refractivity contribution is 6.29. The summed E-state index contributed by atoms with van der Waals surface area (Å²) in [5, 5.41) is 5.86. The van der Waals surface area contributed by atoms with Gasteiger partial charge in [-0.1, -0.05) is 11.6 Å². The molecule has 0 atom stereocenters. The van der Waals surface area contributed by atoms with Gasteiger partial charge in [0.2, 0.25) is 0 Å². The highest BCUT2D eigenvalue weighted by Gasteiger charge is 2.17. The number of carbonyl (C=O) groups is 1. The Labute approximate surface area is 106 Å². The highest BCUT2D eigenvalue weighted by atomic mass is 35.5. The van der Waals surface area contributed by atoms with E-state index in [2.05, 4.69) is 15.6 Å². The van der Waals surface area contributed by atoms with E-state index < -0.39 is 11.7 Å². The highest BCUT2D eigenvalue weighted by Crippen LogP contribution is 2.23. The minimum Gasteiger partial charge on any atom is -0.444 e. The number of rotatable bonds is 2. The number of hydrogen-bond acceptors (Lipinski definition) is 4.